The SMILES string of the molecule is CC.Fc1cccc(F)c1CN(CC1=CCCC(Cl)C=C1)/N=C1\CCCNCC1. The van der Waals surface area contributed by atoms with Crippen molar-refractivity contribution in [2.45, 2.75) is 57.9 Å². The molecule has 3 nitrogen and oxygen atoms in total. The van der Waals surface area contributed by atoms with Crippen molar-refractivity contribution in [1.29, 1.82) is 0 Å². The fourth-order valence-electron chi connectivity index (χ4n) is 3.34. The number of alkyl halides is 1. The van der Waals surface area contributed by atoms with Crippen LogP contribution >= 0.6 is 11.6 Å². The highest BCUT2D eigenvalue weighted by molar-refractivity contribution is 6.21. The van der Waals surface area contributed by atoms with Gasteiger partial charge in [-0.3, -0.25) is 5.01 Å². The first-order valence-corrected chi connectivity index (χ1v) is 11.0. The second-order valence-corrected chi connectivity index (χ2v) is 7.58. The molecular weight excluding hydrogens is 392 g/mol. The number of hydrogen-bond acceptors (Lipinski definition) is 3. The van der Waals surface area contributed by atoms with Gasteiger partial charge in [0, 0.05) is 17.8 Å². The molecule has 0 aromatic heterocycles. The second-order valence-electron chi connectivity index (χ2n) is 7.02. The van der Waals surface area contributed by atoms with Gasteiger partial charge in [-0.2, -0.15) is 5.10 Å². The maximum absolute atomic E-state index is 14.2. The van der Waals surface area contributed by atoms with Gasteiger partial charge < -0.3 is 5.32 Å². The van der Waals surface area contributed by atoms with Crippen molar-refractivity contribution in [1.82, 2.24) is 10.3 Å². The molecule has 160 valence electrons. The summed E-state index contributed by atoms with van der Waals surface area (Å²) >= 11 is 6.20. The largest absolute Gasteiger partial charge is 0.316 e. The summed E-state index contributed by atoms with van der Waals surface area (Å²) in [5, 5.41) is 9.95. The van der Waals surface area contributed by atoms with Crippen LogP contribution in [-0.4, -0.2) is 35.7 Å². The summed E-state index contributed by atoms with van der Waals surface area (Å²) in [6.45, 7) is 6.47. The Bertz CT molecular complexity index is 701. The predicted octanol–water partition coefficient (Wildman–Crippen LogP) is 5.81. The number of hydrogen-bond donors (Lipinski definition) is 1. The van der Waals surface area contributed by atoms with E-state index in [4.69, 9.17) is 16.7 Å². The first kappa shape index (κ1) is 23.6. The second kappa shape index (κ2) is 12.8. The third kappa shape index (κ3) is 7.90. The molecule has 1 saturated heterocycles. The molecule has 0 bridgehead atoms. The quantitative estimate of drug-likeness (QED) is 0.478. The van der Waals surface area contributed by atoms with E-state index >= 15 is 0 Å². The molecule has 1 fully saturated rings. The molecule has 0 saturated carbocycles. The lowest BCUT2D eigenvalue weighted by Gasteiger charge is -2.22. The summed E-state index contributed by atoms with van der Waals surface area (Å²) in [7, 11) is 0. The van der Waals surface area contributed by atoms with Crippen molar-refractivity contribution in [2.24, 2.45) is 5.10 Å². The molecule has 1 aromatic carbocycles. The van der Waals surface area contributed by atoms with Gasteiger partial charge in [0.1, 0.15) is 11.6 Å². The number of rotatable bonds is 5. The van der Waals surface area contributed by atoms with Crippen LogP contribution < -0.4 is 5.32 Å². The third-order valence-electron chi connectivity index (χ3n) is 4.83. The Kier molecular flexibility index (Phi) is 10.4. The summed E-state index contributed by atoms with van der Waals surface area (Å²) in [5.74, 6) is -1.07. The highest BCUT2D eigenvalue weighted by Gasteiger charge is 2.16. The van der Waals surface area contributed by atoms with E-state index in [0.717, 1.165) is 56.5 Å². The smallest absolute Gasteiger partial charge is 0.131 e. The normalized spacial score (nSPS) is 20.9. The molecule has 1 atom stereocenters. The van der Waals surface area contributed by atoms with Gasteiger partial charge in [0.15, 0.2) is 0 Å². The predicted molar refractivity (Wildman–Crippen MR) is 118 cm³/mol. The van der Waals surface area contributed by atoms with Crippen LogP contribution in [0.4, 0.5) is 8.78 Å². The Morgan fingerprint density at radius 3 is 2.66 bits per heavy atom. The summed E-state index contributed by atoms with van der Waals surface area (Å²) in [5.41, 5.74) is 2.21. The van der Waals surface area contributed by atoms with E-state index in [1.54, 1.807) is 5.01 Å². The Morgan fingerprint density at radius 1 is 1.14 bits per heavy atom. The number of halogens is 3. The molecule has 1 unspecified atom stereocenters. The van der Waals surface area contributed by atoms with Gasteiger partial charge in [0.2, 0.25) is 0 Å². The highest BCUT2D eigenvalue weighted by atomic mass is 35.5. The van der Waals surface area contributed by atoms with Gasteiger partial charge in [-0.15, -0.1) is 11.6 Å². The monoisotopic (exact) mass is 423 g/mol. The number of nitrogens with zero attached hydrogens (tertiary/aromatic N) is 2. The molecule has 2 aliphatic rings. The Balaban J connectivity index is 0.00000145. The topological polar surface area (TPSA) is 27.6 Å². The molecule has 29 heavy (non-hydrogen) atoms. The third-order valence-corrected chi connectivity index (χ3v) is 5.19. The van der Waals surface area contributed by atoms with Gasteiger partial charge in [-0.1, -0.05) is 38.1 Å². The lowest BCUT2D eigenvalue weighted by Crippen LogP contribution is -2.23. The summed E-state index contributed by atoms with van der Waals surface area (Å²) < 4.78 is 28.4. The van der Waals surface area contributed by atoms with Crippen LogP contribution in [0.25, 0.3) is 0 Å². The molecule has 3 rings (SSSR count). The molecule has 1 aliphatic carbocycles. The minimum Gasteiger partial charge on any atom is -0.316 e. The molecule has 0 spiro atoms. The zero-order chi connectivity index (χ0) is 21.1. The first-order chi connectivity index (χ1) is 14.1. The fraction of sp³-hybridized carbons (Fsp3) is 0.522. The average Bonchev–Trinajstić information content (AvgIpc) is 3.09. The van der Waals surface area contributed by atoms with Gasteiger partial charge in [0.25, 0.3) is 0 Å². The molecule has 0 radical (unpaired) electrons. The molecule has 6 heteroatoms. The van der Waals surface area contributed by atoms with E-state index in [-0.39, 0.29) is 17.5 Å². The molecule has 0 amide bonds. The summed E-state index contributed by atoms with van der Waals surface area (Å²) in [4.78, 5) is 0. The van der Waals surface area contributed by atoms with E-state index in [0.29, 0.717) is 6.54 Å². The summed E-state index contributed by atoms with van der Waals surface area (Å²) in [6.07, 6.45) is 10.7. The first-order valence-electron chi connectivity index (χ1n) is 10.6. The molecule has 1 N–H and O–H groups in total. The van der Waals surface area contributed by atoms with Crippen LogP contribution in [0.5, 0.6) is 0 Å². The van der Waals surface area contributed by atoms with Crippen LogP contribution in [0.2, 0.25) is 0 Å². The van der Waals surface area contributed by atoms with Crippen molar-refractivity contribution in [3.05, 3.63) is 59.2 Å². The van der Waals surface area contributed by atoms with Crippen LogP contribution in [0, 0.1) is 11.6 Å². The molecule has 1 aliphatic heterocycles. The van der Waals surface area contributed by atoms with Crippen LogP contribution in [0.3, 0.4) is 0 Å². The number of hydrazone groups is 1. The van der Waals surface area contributed by atoms with Crippen LogP contribution in [0.15, 0.2) is 47.1 Å². The zero-order valence-electron chi connectivity index (χ0n) is 17.4. The Labute approximate surface area is 178 Å². The lowest BCUT2D eigenvalue weighted by molar-refractivity contribution is 0.293. The van der Waals surface area contributed by atoms with Gasteiger partial charge >= 0.3 is 0 Å². The van der Waals surface area contributed by atoms with E-state index in [9.17, 15) is 8.78 Å². The van der Waals surface area contributed by atoms with E-state index in [1.165, 1.54) is 18.2 Å². The highest BCUT2D eigenvalue weighted by Crippen LogP contribution is 2.20. The van der Waals surface area contributed by atoms with E-state index in [1.807, 2.05) is 26.0 Å². The number of nitrogens with one attached hydrogen (secondary N) is 1. The fourth-order valence-corrected chi connectivity index (χ4v) is 3.54. The van der Waals surface area contributed by atoms with Crippen molar-refractivity contribution in [3.63, 3.8) is 0 Å². The maximum Gasteiger partial charge on any atom is 0.131 e. The van der Waals surface area contributed by atoms with Crippen molar-refractivity contribution in [3.8, 4) is 0 Å². The Hall–Kier alpha value is -1.72. The van der Waals surface area contributed by atoms with Crippen molar-refractivity contribution in [2.75, 3.05) is 19.6 Å². The molecular formula is C23H32ClF2N3. The molecule has 1 heterocycles. The summed E-state index contributed by atoms with van der Waals surface area (Å²) in [6, 6.07) is 3.98. The zero-order valence-corrected chi connectivity index (χ0v) is 18.2. The minimum atomic E-state index is -0.533. The van der Waals surface area contributed by atoms with Gasteiger partial charge in [-0.25, -0.2) is 8.78 Å². The number of allylic oxidation sites excluding steroid dienone is 2. The average molecular weight is 424 g/mol. The van der Waals surface area contributed by atoms with Crippen molar-refractivity contribution < 1.29 is 8.78 Å². The van der Waals surface area contributed by atoms with E-state index < -0.39 is 11.6 Å². The number of benzene rings is 1. The minimum absolute atomic E-state index is 0.0236. The van der Waals surface area contributed by atoms with Crippen molar-refractivity contribution >= 4 is 17.3 Å². The van der Waals surface area contributed by atoms with E-state index in [2.05, 4.69) is 11.4 Å². The lowest BCUT2D eigenvalue weighted by atomic mass is 10.1. The van der Waals surface area contributed by atoms with Gasteiger partial charge in [0.05, 0.1) is 18.5 Å². The maximum atomic E-state index is 14.2. The molecule has 1 aromatic rings. The van der Waals surface area contributed by atoms with Gasteiger partial charge in [-0.05, 0) is 56.4 Å². The Morgan fingerprint density at radius 2 is 1.90 bits per heavy atom. The van der Waals surface area contributed by atoms with Crippen LogP contribution in [-0.2, 0) is 6.54 Å². The van der Waals surface area contributed by atoms with Crippen LogP contribution in [0.1, 0.15) is 51.5 Å². The standard InChI is InChI=1S/C21H26ClF2N3.C2H6/c22-17-5-1-4-16(9-10-17)14-27(26-18-6-3-12-25-13-11-18)15-19-20(23)7-2-8-21(19)24;1-2/h2,4,7-10,17,25H,1,3,5-6,11-15H2;1-2H3/b26-18+;.